The maximum absolute atomic E-state index is 11.3. The van der Waals surface area contributed by atoms with E-state index in [0.717, 1.165) is 0 Å². The van der Waals surface area contributed by atoms with Gasteiger partial charge < -0.3 is 4.90 Å². The summed E-state index contributed by atoms with van der Waals surface area (Å²) in [5.74, 6) is -0.0836. The van der Waals surface area contributed by atoms with Crippen molar-refractivity contribution in [3.05, 3.63) is 23.8 Å². The van der Waals surface area contributed by atoms with E-state index in [9.17, 15) is 4.79 Å². The van der Waals surface area contributed by atoms with Crippen LogP contribution in [0.25, 0.3) is 0 Å². The Morgan fingerprint density at radius 1 is 1.38 bits per heavy atom. The van der Waals surface area contributed by atoms with Crippen molar-refractivity contribution in [2.45, 2.75) is 20.8 Å². The van der Waals surface area contributed by atoms with Gasteiger partial charge in [-0.15, -0.1) is 5.23 Å². The molecule has 2 N–H and O–H groups in total. The summed E-state index contributed by atoms with van der Waals surface area (Å²) in [6.07, 6.45) is 0. The van der Waals surface area contributed by atoms with E-state index >= 15 is 0 Å². The first-order valence-corrected chi connectivity index (χ1v) is 5.04. The Bertz CT molecular complexity index is 391. The fourth-order valence-corrected chi connectivity index (χ4v) is 1.57. The van der Waals surface area contributed by atoms with Crippen LogP contribution in [0.3, 0.4) is 0 Å². The van der Waals surface area contributed by atoms with Crippen molar-refractivity contribution in [2.24, 2.45) is 0 Å². The Morgan fingerprint density at radius 3 is 2.44 bits per heavy atom. The molecule has 0 spiro atoms. The van der Waals surface area contributed by atoms with Gasteiger partial charge in [-0.25, -0.2) is 0 Å². The van der Waals surface area contributed by atoms with Gasteiger partial charge in [0.1, 0.15) is 0 Å². The Labute approximate surface area is 94.4 Å². The molecular weight excluding hydrogens is 208 g/mol. The lowest BCUT2D eigenvalue weighted by molar-refractivity contribution is -0.116. The molecule has 5 nitrogen and oxygen atoms in total. The van der Waals surface area contributed by atoms with Crippen molar-refractivity contribution < 1.29 is 15.2 Å². The molecule has 0 radical (unpaired) electrons. The molecule has 16 heavy (non-hydrogen) atoms. The molecular formula is C11H16N2O3. The Kier molecular flexibility index (Phi) is 3.87. The molecule has 0 fully saturated rings. The number of carbonyl (C=O) groups excluding carboxylic acids is 1. The third-order valence-electron chi connectivity index (χ3n) is 2.42. The van der Waals surface area contributed by atoms with Crippen molar-refractivity contribution in [1.29, 1.82) is 0 Å². The summed E-state index contributed by atoms with van der Waals surface area (Å²) in [5, 5.41) is 18.1. The van der Waals surface area contributed by atoms with E-state index in [1.54, 1.807) is 30.0 Å². The van der Waals surface area contributed by atoms with E-state index in [1.807, 2.05) is 6.92 Å². The highest BCUT2D eigenvalue weighted by Crippen LogP contribution is 2.25. The molecule has 1 rings (SSSR count). The number of benzene rings is 1. The van der Waals surface area contributed by atoms with Gasteiger partial charge in [-0.3, -0.25) is 15.2 Å². The predicted octanol–water partition coefficient (Wildman–Crippen LogP) is 1.95. The van der Waals surface area contributed by atoms with Gasteiger partial charge in [-0.05, 0) is 31.5 Å². The van der Waals surface area contributed by atoms with Crippen molar-refractivity contribution in [1.82, 2.24) is 0 Å². The van der Waals surface area contributed by atoms with Crippen LogP contribution in [0.15, 0.2) is 18.2 Å². The topological polar surface area (TPSA) is 64.0 Å². The summed E-state index contributed by atoms with van der Waals surface area (Å²) in [4.78, 5) is 12.9. The van der Waals surface area contributed by atoms with Crippen LogP contribution < -0.4 is 10.1 Å². The molecule has 0 aliphatic carbocycles. The molecule has 0 aromatic heterocycles. The average molecular weight is 224 g/mol. The molecule has 0 saturated heterocycles. The molecule has 0 bridgehead atoms. The summed E-state index contributed by atoms with van der Waals surface area (Å²) in [6.45, 7) is 5.62. The SMILES string of the molecule is CCN(C(C)=O)c1ccc(C)c(N(O)O)c1. The Balaban J connectivity index is 3.15. The van der Waals surface area contributed by atoms with Gasteiger partial charge in [0, 0.05) is 19.2 Å². The third kappa shape index (κ3) is 2.50. The van der Waals surface area contributed by atoms with Gasteiger partial charge in [0.2, 0.25) is 5.91 Å². The molecule has 0 unspecified atom stereocenters. The molecule has 0 heterocycles. The van der Waals surface area contributed by atoms with Crippen LogP contribution in [-0.4, -0.2) is 22.9 Å². The number of amides is 1. The molecule has 0 atom stereocenters. The lowest BCUT2D eigenvalue weighted by Crippen LogP contribution is -2.28. The summed E-state index contributed by atoms with van der Waals surface area (Å²) < 4.78 is 0. The number of nitrogens with zero attached hydrogens (tertiary/aromatic N) is 2. The third-order valence-corrected chi connectivity index (χ3v) is 2.42. The maximum atomic E-state index is 11.3. The number of rotatable bonds is 3. The van der Waals surface area contributed by atoms with Crippen LogP contribution in [0, 0.1) is 6.92 Å². The van der Waals surface area contributed by atoms with Gasteiger partial charge in [0.25, 0.3) is 0 Å². The number of carbonyl (C=O) groups is 1. The monoisotopic (exact) mass is 224 g/mol. The fraction of sp³-hybridized carbons (Fsp3) is 0.364. The molecule has 1 aromatic rings. The summed E-state index contributed by atoms with van der Waals surface area (Å²) in [7, 11) is 0. The molecule has 0 aliphatic rings. The van der Waals surface area contributed by atoms with Crippen molar-refractivity contribution in [2.75, 3.05) is 16.7 Å². The van der Waals surface area contributed by atoms with E-state index in [-0.39, 0.29) is 16.8 Å². The smallest absolute Gasteiger partial charge is 0.223 e. The van der Waals surface area contributed by atoms with Crippen LogP contribution in [0.5, 0.6) is 0 Å². The second-order valence-electron chi connectivity index (χ2n) is 3.52. The van der Waals surface area contributed by atoms with E-state index in [1.165, 1.54) is 6.92 Å². The van der Waals surface area contributed by atoms with Crippen LogP contribution in [0.4, 0.5) is 11.4 Å². The summed E-state index contributed by atoms with van der Waals surface area (Å²) >= 11 is 0. The molecule has 88 valence electrons. The van der Waals surface area contributed by atoms with Crippen LogP contribution in [0.1, 0.15) is 19.4 Å². The second-order valence-corrected chi connectivity index (χ2v) is 3.52. The molecule has 1 aromatic carbocycles. The lowest BCUT2D eigenvalue weighted by Gasteiger charge is -2.21. The highest BCUT2D eigenvalue weighted by Gasteiger charge is 2.12. The van der Waals surface area contributed by atoms with Crippen molar-refractivity contribution >= 4 is 17.3 Å². The van der Waals surface area contributed by atoms with Gasteiger partial charge in [-0.2, -0.15) is 0 Å². The van der Waals surface area contributed by atoms with Crippen LogP contribution >= 0.6 is 0 Å². The number of anilines is 2. The molecule has 0 aliphatic heterocycles. The van der Waals surface area contributed by atoms with Crippen LogP contribution in [0.2, 0.25) is 0 Å². The fourth-order valence-electron chi connectivity index (χ4n) is 1.57. The second kappa shape index (κ2) is 4.96. The van der Waals surface area contributed by atoms with Gasteiger partial charge in [0.15, 0.2) is 0 Å². The van der Waals surface area contributed by atoms with E-state index in [2.05, 4.69) is 0 Å². The highest BCUT2D eigenvalue weighted by atomic mass is 16.8. The molecule has 5 heteroatoms. The van der Waals surface area contributed by atoms with E-state index < -0.39 is 0 Å². The highest BCUT2D eigenvalue weighted by molar-refractivity contribution is 5.92. The zero-order valence-corrected chi connectivity index (χ0v) is 9.64. The Hall–Kier alpha value is -1.59. The summed E-state index contributed by atoms with van der Waals surface area (Å²) in [6, 6.07) is 5.06. The van der Waals surface area contributed by atoms with Gasteiger partial charge in [-0.1, -0.05) is 6.07 Å². The number of hydrogen-bond donors (Lipinski definition) is 2. The van der Waals surface area contributed by atoms with Gasteiger partial charge in [0.05, 0.1) is 5.69 Å². The van der Waals surface area contributed by atoms with Crippen LogP contribution in [-0.2, 0) is 4.79 Å². The minimum absolute atomic E-state index is 0.0623. The zero-order chi connectivity index (χ0) is 12.3. The Morgan fingerprint density at radius 2 is 2.00 bits per heavy atom. The quantitative estimate of drug-likeness (QED) is 0.770. The molecule has 0 saturated carbocycles. The van der Waals surface area contributed by atoms with Crippen molar-refractivity contribution in [3.63, 3.8) is 0 Å². The standard InChI is InChI=1S/C11H16N2O3/c1-4-12(9(3)14)10-6-5-8(2)11(7-10)13(15)16/h5-7,15-16H,4H2,1-3H3. The van der Waals surface area contributed by atoms with E-state index in [4.69, 9.17) is 10.4 Å². The number of aryl methyl sites for hydroxylation is 1. The minimum Gasteiger partial charge on any atom is -0.313 e. The number of hydrogen-bond acceptors (Lipinski definition) is 4. The minimum atomic E-state index is -0.0836. The van der Waals surface area contributed by atoms with Crippen molar-refractivity contribution in [3.8, 4) is 0 Å². The average Bonchev–Trinajstić information content (AvgIpc) is 2.20. The lowest BCUT2D eigenvalue weighted by atomic mass is 10.1. The van der Waals surface area contributed by atoms with Gasteiger partial charge >= 0.3 is 0 Å². The predicted molar refractivity (Wildman–Crippen MR) is 60.9 cm³/mol. The first-order chi connectivity index (χ1) is 7.47. The zero-order valence-electron chi connectivity index (χ0n) is 9.64. The first kappa shape index (κ1) is 12.5. The summed E-state index contributed by atoms with van der Waals surface area (Å²) in [5.41, 5.74) is 1.62. The normalized spacial score (nSPS) is 10.1. The first-order valence-electron chi connectivity index (χ1n) is 5.04. The van der Waals surface area contributed by atoms with E-state index in [0.29, 0.717) is 17.8 Å². The molecule has 1 amide bonds. The largest absolute Gasteiger partial charge is 0.313 e. The maximum Gasteiger partial charge on any atom is 0.223 e.